The molecule has 0 saturated carbocycles. The quantitative estimate of drug-likeness (QED) is 0.660. The molecule has 19 heavy (non-hydrogen) atoms. The molecule has 0 radical (unpaired) electrons. The summed E-state index contributed by atoms with van der Waals surface area (Å²) in [5.41, 5.74) is 4.90. The lowest BCUT2D eigenvalue weighted by Gasteiger charge is -2.27. The summed E-state index contributed by atoms with van der Waals surface area (Å²) in [7, 11) is 0. The van der Waals surface area contributed by atoms with Crippen LogP contribution in [0.25, 0.3) is 0 Å². The van der Waals surface area contributed by atoms with E-state index in [1.165, 1.54) is 11.5 Å². The van der Waals surface area contributed by atoms with Gasteiger partial charge in [0.15, 0.2) is 0 Å². The van der Waals surface area contributed by atoms with Crippen molar-refractivity contribution in [2.24, 2.45) is 5.84 Å². The number of nitrogen functional groups attached to an aromatic ring is 1. The Labute approximate surface area is 123 Å². The topological polar surface area (TPSA) is 63.8 Å². The molecule has 1 aromatic heterocycles. The van der Waals surface area contributed by atoms with Crippen LogP contribution < -0.4 is 11.3 Å². The van der Waals surface area contributed by atoms with E-state index < -0.39 is 0 Å². The predicted molar refractivity (Wildman–Crippen MR) is 85.8 cm³/mol. The highest BCUT2D eigenvalue weighted by Crippen LogP contribution is 2.41. The van der Waals surface area contributed by atoms with Gasteiger partial charge in [-0.1, -0.05) is 20.8 Å². The smallest absolute Gasteiger partial charge is 0.147 e. The Bertz CT molecular complexity index is 451. The van der Waals surface area contributed by atoms with Crippen LogP contribution in [0.3, 0.4) is 0 Å². The highest BCUT2D eigenvalue weighted by atomic mass is 32.2. The van der Waals surface area contributed by atoms with Crippen LogP contribution in [0, 0.1) is 6.92 Å². The molecular formula is C13H22N4S2. The van der Waals surface area contributed by atoms with Gasteiger partial charge < -0.3 is 5.43 Å². The number of hydrogen-bond donors (Lipinski definition) is 2. The van der Waals surface area contributed by atoms with Crippen LogP contribution in [0.4, 0.5) is 5.82 Å². The lowest BCUT2D eigenvalue weighted by atomic mass is 10.0. The molecular weight excluding hydrogens is 276 g/mol. The molecule has 1 aliphatic rings. The molecule has 0 amide bonds. The lowest BCUT2D eigenvalue weighted by molar-refractivity contribution is 0.776. The van der Waals surface area contributed by atoms with Gasteiger partial charge in [0.25, 0.3) is 0 Å². The monoisotopic (exact) mass is 298 g/mol. The zero-order valence-corrected chi connectivity index (χ0v) is 13.6. The predicted octanol–water partition coefficient (Wildman–Crippen LogP) is 3.10. The number of aromatic nitrogens is 2. The Kier molecular flexibility index (Phi) is 4.97. The summed E-state index contributed by atoms with van der Waals surface area (Å²) in [5.74, 6) is 10.1. The van der Waals surface area contributed by atoms with Crippen molar-refractivity contribution in [3.05, 3.63) is 17.1 Å². The molecule has 0 bridgehead atoms. The van der Waals surface area contributed by atoms with Crippen molar-refractivity contribution in [2.45, 2.75) is 44.1 Å². The Balaban J connectivity index is 2.39. The van der Waals surface area contributed by atoms with Crippen LogP contribution in [0.15, 0.2) is 0 Å². The molecule has 6 heteroatoms. The third-order valence-electron chi connectivity index (χ3n) is 3.31. The third kappa shape index (κ3) is 3.17. The lowest BCUT2D eigenvalue weighted by Crippen LogP contribution is -2.21. The van der Waals surface area contributed by atoms with Gasteiger partial charge in [-0.15, -0.1) is 11.8 Å². The summed E-state index contributed by atoms with van der Waals surface area (Å²) in [5, 5.41) is 0.916. The number of aryl methyl sites for hydroxylation is 1. The second kappa shape index (κ2) is 6.33. The Morgan fingerprint density at radius 3 is 2.53 bits per heavy atom. The summed E-state index contributed by atoms with van der Waals surface area (Å²) in [6, 6.07) is 0. The largest absolute Gasteiger partial charge is 0.308 e. The van der Waals surface area contributed by atoms with Gasteiger partial charge in [0.05, 0.1) is 5.25 Å². The zero-order valence-electron chi connectivity index (χ0n) is 11.9. The van der Waals surface area contributed by atoms with Crippen LogP contribution in [-0.4, -0.2) is 26.7 Å². The molecule has 0 aliphatic carbocycles. The van der Waals surface area contributed by atoms with E-state index in [4.69, 9.17) is 10.8 Å². The van der Waals surface area contributed by atoms with Gasteiger partial charge in [-0.25, -0.2) is 15.8 Å². The SMILES string of the molecule is Cc1nc(C2SCCSC2C)nc(NN)c1C(C)C. The second-order valence-electron chi connectivity index (χ2n) is 5.10. The summed E-state index contributed by atoms with van der Waals surface area (Å²) < 4.78 is 0. The maximum Gasteiger partial charge on any atom is 0.147 e. The average molecular weight is 298 g/mol. The van der Waals surface area contributed by atoms with E-state index >= 15 is 0 Å². The first-order valence-corrected chi connectivity index (χ1v) is 8.72. The van der Waals surface area contributed by atoms with E-state index in [1.54, 1.807) is 0 Å². The number of thioether (sulfide) groups is 2. The Hall–Kier alpha value is -0.460. The number of nitrogens with one attached hydrogen (secondary N) is 1. The van der Waals surface area contributed by atoms with E-state index in [0.29, 0.717) is 16.4 Å². The Morgan fingerprint density at radius 1 is 1.26 bits per heavy atom. The first-order valence-electron chi connectivity index (χ1n) is 6.62. The highest BCUT2D eigenvalue weighted by molar-refractivity contribution is 8.06. The van der Waals surface area contributed by atoms with Gasteiger partial charge >= 0.3 is 0 Å². The van der Waals surface area contributed by atoms with E-state index in [1.807, 2.05) is 30.4 Å². The first-order chi connectivity index (χ1) is 9.04. The van der Waals surface area contributed by atoms with Crippen molar-refractivity contribution < 1.29 is 0 Å². The molecule has 2 heterocycles. The van der Waals surface area contributed by atoms with Gasteiger partial charge in [-0.2, -0.15) is 11.8 Å². The van der Waals surface area contributed by atoms with E-state index in [0.717, 1.165) is 22.9 Å². The van der Waals surface area contributed by atoms with Gasteiger partial charge in [0, 0.05) is 28.0 Å². The summed E-state index contributed by atoms with van der Waals surface area (Å²) in [6.07, 6.45) is 0. The maximum absolute atomic E-state index is 5.64. The van der Waals surface area contributed by atoms with Crippen LogP contribution >= 0.6 is 23.5 Å². The minimum Gasteiger partial charge on any atom is -0.308 e. The van der Waals surface area contributed by atoms with Gasteiger partial charge in [-0.3, -0.25) is 0 Å². The van der Waals surface area contributed by atoms with E-state index in [-0.39, 0.29) is 0 Å². The van der Waals surface area contributed by atoms with E-state index in [2.05, 4.69) is 31.2 Å². The molecule has 0 aromatic carbocycles. The summed E-state index contributed by atoms with van der Waals surface area (Å²) >= 11 is 3.95. The molecule has 1 saturated heterocycles. The van der Waals surface area contributed by atoms with Crippen molar-refractivity contribution in [2.75, 3.05) is 16.9 Å². The van der Waals surface area contributed by atoms with Gasteiger partial charge in [0.1, 0.15) is 11.6 Å². The van der Waals surface area contributed by atoms with Crippen molar-refractivity contribution >= 4 is 29.3 Å². The number of hydrazine groups is 1. The van der Waals surface area contributed by atoms with Crippen LogP contribution in [-0.2, 0) is 0 Å². The fourth-order valence-electron chi connectivity index (χ4n) is 2.45. The molecule has 1 fully saturated rings. The van der Waals surface area contributed by atoms with Crippen molar-refractivity contribution in [1.29, 1.82) is 0 Å². The number of nitrogens with zero attached hydrogens (tertiary/aromatic N) is 2. The minimum absolute atomic E-state index is 0.366. The van der Waals surface area contributed by atoms with Crippen LogP contribution in [0.1, 0.15) is 49.0 Å². The highest BCUT2D eigenvalue weighted by Gasteiger charge is 2.28. The standard InChI is InChI=1S/C13H22N4S2/c1-7(2)10-8(3)15-13(16-12(10)17-14)11-9(4)18-5-6-19-11/h7,9,11H,5-6,14H2,1-4H3,(H,15,16,17). The van der Waals surface area contributed by atoms with Crippen LogP contribution in [0.5, 0.6) is 0 Å². The van der Waals surface area contributed by atoms with Crippen molar-refractivity contribution in [3.8, 4) is 0 Å². The average Bonchev–Trinajstić information content (AvgIpc) is 2.37. The fourth-order valence-corrected chi connectivity index (χ4v) is 5.14. The molecule has 2 rings (SSSR count). The van der Waals surface area contributed by atoms with Crippen molar-refractivity contribution in [3.63, 3.8) is 0 Å². The van der Waals surface area contributed by atoms with Crippen LogP contribution in [0.2, 0.25) is 0 Å². The molecule has 1 aliphatic heterocycles. The zero-order chi connectivity index (χ0) is 14.0. The summed E-state index contributed by atoms with van der Waals surface area (Å²) in [4.78, 5) is 9.40. The number of hydrogen-bond acceptors (Lipinski definition) is 6. The fraction of sp³-hybridized carbons (Fsp3) is 0.692. The number of anilines is 1. The molecule has 4 nitrogen and oxygen atoms in total. The van der Waals surface area contributed by atoms with Gasteiger partial charge in [-0.05, 0) is 12.8 Å². The molecule has 1 aromatic rings. The number of nitrogens with two attached hydrogens (primary N) is 1. The van der Waals surface area contributed by atoms with Crippen molar-refractivity contribution in [1.82, 2.24) is 9.97 Å². The second-order valence-corrected chi connectivity index (χ2v) is 7.83. The number of rotatable bonds is 3. The minimum atomic E-state index is 0.366. The molecule has 0 spiro atoms. The van der Waals surface area contributed by atoms with Gasteiger partial charge in [0.2, 0.25) is 0 Å². The third-order valence-corrected chi connectivity index (χ3v) is 6.40. The molecule has 2 unspecified atom stereocenters. The summed E-state index contributed by atoms with van der Waals surface area (Å²) in [6.45, 7) is 8.58. The first kappa shape index (κ1) is 14.9. The normalized spacial score (nSPS) is 23.7. The Morgan fingerprint density at radius 2 is 1.95 bits per heavy atom. The molecule has 2 atom stereocenters. The maximum atomic E-state index is 5.64. The molecule has 3 N–H and O–H groups in total. The molecule has 106 valence electrons. The van der Waals surface area contributed by atoms with E-state index in [9.17, 15) is 0 Å².